The zero-order chi connectivity index (χ0) is 14.5. The minimum atomic E-state index is 0.394. The summed E-state index contributed by atoms with van der Waals surface area (Å²) in [7, 11) is 2.02. The zero-order valence-corrected chi connectivity index (χ0v) is 13.6. The van der Waals surface area contributed by atoms with E-state index in [-0.39, 0.29) is 0 Å². The van der Waals surface area contributed by atoms with Crippen molar-refractivity contribution in [2.75, 3.05) is 26.2 Å². The summed E-state index contributed by atoms with van der Waals surface area (Å²) in [5.41, 5.74) is 3.80. The lowest BCUT2D eigenvalue weighted by atomic mass is 10.1. The first-order valence-corrected chi connectivity index (χ1v) is 8.05. The van der Waals surface area contributed by atoms with Crippen LogP contribution in [0.2, 0.25) is 0 Å². The second-order valence-electron chi connectivity index (χ2n) is 6.14. The van der Waals surface area contributed by atoms with Crippen LogP contribution in [0, 0.1) is 13.8 Å². The second kappa shape index (κ2) is 7.23. The van der Waals surface area contributed by atoms with Crippen LogP contribution in [0.3, 0.4) is 0 Å². The summed E-state index contributed by atoms with van der Waals surface area (Å²) in [5.74, 6) is 0. The van der Waals surface area contributed by atoms with Gasteiger partial charge in [0.2, 0.25) is 0 Å². The van der Waals surface area contributed by atoms with Gasteiger partial charge in [0, 0.05) is 24.3 Å². The average molecular weight is 278 g/mol. The second-order valence-corrected chi connectivity index (χ2v) is 6.14. The monoisotopic (exact) mass is 278 g/mol. The molecule has 114 valence electrons. The highest BCUT2D eigenvalue weighted by Gasteiger charge is 2.15. The summed E-state index contributed by atoms with van der Waals surface area (Å²) in [6.07, 6.45) is 5.43. The molecule has 1 aliphatic heterocycles. The number of nitrogens with one attached hydrogen (secondary N) is 1. The van der Waals surface area contributed by atoms with Crippen LogP contribution in [0.1, 0.15) is 55.6 Å². The molecule has 0 aliphatic carbocycles. The third-order valence-corrected chi connectivity index (χ3v) is 4.55. The van der Waals surface area contributed by atoms with E-state index in [2.05, 4.69) is 36.1 Å². The largest absolute Gasteiger partial charge is 0.310 e. The lowest BCUT2D eigenvalue weighted by Gasteiger charge is -2.26. The lowest BCUT2D eigenvalue weighted by molar-refractivity contribution is 0.225. The summed E-state index contributed by atoms with van der Waals surface area (Å²) >= 11 is 0. The van der Waals surface area contributed by atoms with Crippen LogP contribution in [-0.4, -0.2) is 40.9 Å². The van der Waals surface area contributed by atoms with Gasteiger partial charge in [-0.2, -0.15) is 5.10 Å². The number of rotatable bonds is 6. The molecule has 1 saturated heterocycles. The molecule has 0 saturated carbocycles. The smallest absolute Gasteiger partial charge is 0.0644 e. The molecule has 20 heavy (non-hydrogen) atoms. The number of piperidine rings is 1. The molecule has 1 aliphatic rings. The maximum Gasteiger partial charge on any atom is 0.0644 e. The number of hydrogen-bond donors (Lipinski definition) is 1. The van der Waals surface area contributed by atoms with E-state index in [9.17, 15) is 0 Å². The minimum Gasteiger partial charge on any atom is -0.310 e. The van der Waals surface area contributed by atoms with E-state index in [1.165, 1.54) is 56.6 Å². The van der Waals surface area contributed by atoms with Crippen LogP contribution in [-0.2, 0) is 7.05 Å². The van der Waals surface area contributed by atoms with Gasteiger partial charge in [-0.05, 0) is 66.2 Å². The Balaban J connectivity index is 1.73. The molecule has 1 N–H and O–H groups in total. The topological polar surface area (TPSA) is 33.1 Å². The minimum absolute atomic E-state index is 0.394. The quantitative estimate of drug-likeness (QED) is 0.812. The Labute approximate surface area is 123 Å². The van der Waals surface area contributed by atoms with E-state index in [4.69, 9.17) is 0 Å². The Morgan fingerprint density at radius 1 is 1.20 bits per heavy atom. The molecule has 4 heteroatoms. The van der Waals surface area contributed by atoms with Gasteiger partial charge < -0.3 is 10.2 Å². The van der Waals surface area contributed by atoms with E-state index < -0.39 is 0 Å². The maximum atomic E-state index is 4.50. The van der Waals surface area contributed by atoms with Crippen molar-refractivity contribution >= 4 is 0 Å². The normalized spacial score (nSPS) is 18.4. The van der Waals surface area contributed by atoms with Gasteiger partial charge in [-0.15, -0.1) is 0 Å². The molecular formula is C16H30N4. The maximum absolute atomic E-state index is 4.50. The molecule has 1 fully saturated rings. The molecule has 0 spiro atoms. The van der Waals surface area contributed by atoms with E-state index in [0.29, 0.717) is 6.04 Å². The first kappa shape index (κ1) is 15.5. The van der Waals surface area contributed by atoms with Crippen molar-refractivity contribution in [2.24, 2.45) is 7.05 Å². The summed E-state index contributed by atoms with van der Waals surface area (Å²) in [6.45, 7) is 11.4. The lowest BCUT2D eigenvalue weighted by Crippen LogP contribution is -2.32. The van der Waals surface area contributed by atoms with Crippen molar-refractivity contribution in [2.45, 2.75) is 52.5 Å². The molecule has 0 aromatic carbocycles. The Morgan fingerprint density at radius 2 is 1.90 bits per heavy atom. The van der Waals surface area contributed by atoms with Gasteiger partial charge >= 0.3 is 0 Å². The van der Waals surface area contributed by atoms with Crippen molar-refractivity contribution in [1.29, 1.82) is 0 Å². The molecule has 1 aromatic rings. The average Bonchev–Trinajstić information content (AvgIpc) is 2.69. The molecule has 2 heterocycles. The highest BCUT2D eigenvalue weighted by molar-refractivity contribution is 5.27. The predicted molar refractivity (Wildman–Crippen MR) is 84.0 cm³/mol. The van der Waals surface area contributed by atoms with Gasteiger partial charge in [0.05, 0.1) is 5.69 Å². The number of likely N-dealkylation sites (tertiary alicyclic amines) is 1. The van der Waals surface area contributed by atoms with Gasteiger partial charge in [-0.1, -0.05) is 6.42 Å². The van der Waals surface area contributed by atoms with Crippen molar-refractivity contribution in [1.82, 2.24) is 20.0 Å². The Bertz CT molecular complexity index is 418. The Morgan fingerprint density at radius 3 is 2.50 bits per heavy atom. The number of aromatic nitrogens is 2. The van der Waals surface area contributed by atoms with E-state index >= 15 is 0 Å². The van der Waals surface area contributed by atoms with E-state index in [0.717, 1.165) is 12.2 Å². The molecule has 2 rings (SSSR count). The van der Waals surface area contributed by atoms with E-state index in [1.54, 1.807) is 0 Å². The van der Waals surface area contributed by atoms with Crippen molar-refractivity contribution < 1.29 is 0 Å². The fraction of sp³-hybridized carbons (Fsp3) is 0.812. The first-order chi connectivity index (χ1) is 9.59. The molecule has 1 aromatic heterocycles. The van der Waals surface area contributed by atoms with Crippen molar-refractivity contribution in [3.63, 3.8) is 0 Å². The van der Waals surface area contributed by atoms with Gasteiger partial charge in [0.25, 0.3) is 0 Å². The van der Waals surface area contributed by atoms with Crippen LogP contribution in [0.25, 0.3) is 0 Å². The van der Waals surface area contributed by atoms with Crippen molar-refractivity contribution in [3.05, 3.63) is 17.0 Å². The molecule has 0 bridgehead atoms. The van der Waals surface area contributed by atoms with Gasteiger partial charge in [-0.25, -0.2) is 0 Å². The van der Waals surface area contributed by atoms with E-state index in [1.807, 2.05) is 11.7 Å². The Hall–Kier alpha value is -0.870. The van der Waals surface area contributed by atoms with Crippen molar-refractivity contribution in [3.8, 4) is 0 Å². The van der Waals surface area contributed by atoms with Gasteiger partial charge in [-0.3, -0.25) is 4.68 Å². The number of aryl methyl sites for hydroxylation is 2. The summed E-state index contributed by atoms with van der Waals surface area (Å²) in [6, 6.07) is 0.394. The van der Waals surface area contributed by atoms with Crippen LogP contribution in [0.4, 0.5) is 0 Å². The molecule has 4 nitrogen and oxygen atoms in total. The van der Waals surface area contributed by atoms with Crippen LogP contribution in [0.5, 0.6) is 0 Å². The molecule has 0 amide bonds. The van der Waals surface area contributed by atoms with Crippen LogP contribution < -0.4 is 5.32 Å². The highest BCUT2D eigenvalue weighted by atomic mass is 15.3. The number of hydrogen-bond acceptors (Lipinski definition) is 3. The first-order valence-electron chi connectivity index (χ1n) is 8.05. The third kappa shape index (κ3) is 3.83. The van der Waals surface area contributed by atoms with Gasteiger partial charge in [0.1, 0.15) is 0 Å². The molecule has 1 atom stereocenters. The zero-order valence-electron chi connectivity index (χ0n) is 13.6. The molecule has 0 radical (unpaired) electrons. The molecular weight excluding hydrogens is 248 g/mol. The Kier molecular flexibility index (Phi) is 5.61. The fourth-order valence-corrected chi connectivity index (χ4v) is 3.32. The highest BCUT2D eigenvalue weighted by Crippen LogP contribution is 2.20. The summed E-state index contributed by atoms with van der Waals surface area (Å²) in [5, 5.41) is 8.16. The van der Waals surface area contributed by atoms with Crippen LogP contribution >= 0.6 is 0 Å². The standard InChI is InChI=1S/C16H30N4/c1-13(16-14(2)18-19(4)15(16)3)17-9-8-12-20-10-6-5-7-11-20/h13,17H,5-12H2,1-4H3. The summed E-state index contributed by atoms with van der Waals surface area (Å²) in [4.78, 5) is 2.61. The predicted octanol–water partition coefficient (Wildman–Crippen LogP) is 2.56. The third-order valence-electron chi connectivity index (χ3n) is 4.55. The molecule has 1 unspecified atom stereocenters. The van der Waals surface area contributed by atoms with Gasteiger partial charge in [0.15, 0.2) is 0 Å². The fourth-order valence-electron chi connectivity index (χ4n) is 3.32. The number of nitrogens with zero attached hydrogens (tertiary/aromatic N) is 3. The SMILES string of the molecule is Cc1nn(C)c(C)c1C(C)NCCCN1CCCCC1. The summed E-state index contributed by atoms with van der Waals surface area (Å²) < 4.78 is 1.98. The van der Waals surface area contributed by atoms with Crippen LogP contribution in [0.15, 0.2) is 0 Å².